The first-order valence-electron chi connectivity index (χ1n) is 8.64. The van der Waals surface area contributed by atoms with E-state index in [9.17, 15) is 9.59 Å². The van der Waals surface area contributed by atoms with E-state index in [2.05, 4.69) is 11.9 Å². The van der Waals surface area contributed by atoms with Gasteiger partial charge in [-0.15, -0.1) is 0 Å². The van der Waals surface area contributed by atoms with Crippen LogP contribution in [-0.2, 0) is 0 Å². The number of hydrogen-bond donors (Lipinski definition) is 1. The van der Waals surface area contributed by atoms with Gasteiger partial charge in [-0.05, 0) is 42.8 Å². The molecule has 25 heavy (non-hydrogen) atoms. The Balaban J connectivity index is 1.55. The van der Waals surface area contributed by atoms with Gasteiger partial charge in [0.1, 0.15) is 11.4 Å². The normalized spacial score (nSPS) is 14.4. The Labute approximate surface area is 147 Å². The van der Waals surface area contributed by atoms with E-state index in [-0.39, 0.29) is 11.8 Å². The van der Waals surface area contributed by atoms with Crippen LogP contribution in [0.25, 0.3) is 0 Å². The van der Waals surface area contributed by atoms with E-state index in [1.165, 1.54) is 0 Å². The molecule has 0 aliphatic carbocycles. The van der Waals surface area contributed by atoms with Crippen molar-refractivity contribution in [2.24, 2.45) is 0 Å². The number of aromatic nitrogens is 1. The number of hydrogen-bond acceptors (Lipinski definition) is 3. The lowest BCUT2D eigenvalue weighted by Crippen LogP contribution is -2.50. The average Bonchev–Trinajstić information content (AvgIpc) is 3.20. The molecular weight excluding hydrogens is 318 g/mol. The highest BCUT2D eigenvalue weighted by atomic mass is 16.5. The smallest absolute Gasteiger partial charge is 0.270 e. The predicted octanol–water partition coefficient (Wildman–Crippen LogP) is 2.40. The van der Waals surface area contributed by atoms with Crippen molar-refractivity contribution in [2.75, 3.05) is 32.8 Å². The summed E-state index contributed by atoms with van der Waals surface area (Å²) in [5.74, 6) is 0.753. The van der Waals surface area contributed by atoms with Crippen molar-refractivity contribution >= 4 is 11.8 Å². The Hall–Kier alpha value is -2.76. The van der Waals surface area contributed by atoms with Crippen LogP contribution >= 0.6 is 0 Å². The average molecular weight is 341 g/mol. The van der Waals surface area contributed by atoms with Crippen molar-refractivity contribution in [1.29, 1.82) is 0 Å². The molecule has 2 aromatic rings. The molecule has 1 aliphatic heterocycles. The molecule has 1 N–H and O–H groups in total. The van der Waals surface area contributed by atoms with Crippen LogP contribution in [-0.4, -0.2) is 59.4 Å². The van der Waals surface area contributed by atoms with Crippen LogP contribution in [0, 0.1) is 0 Å². The molecule has 1 aromatic carbocycles. The summed E-state index contributed by atoms with van der Waals surface area (Å²) in [6.45, 7) is 4.89. The Kier molecular flexibility index (Phi) is 5.38. The fraction of sp³-hybridized carbons (Fsp3) is 0.368. The van der Waals surface area contributed by atoms with Gasteiger partial charge in [0.05, 0.1) is 6.61 Å². The third-order valence-electron chi connectivity index (χ3n) is 4.26. The maximum absolute atomic E-state index is 12.6. The van der Waals surface area contributed by atoms with Crippen molar-refractivity contribution < 1.29 is 14.3 Å². The lowest BCUT2D eigenvalue weighted by molar-refractivity contribution is 0.0532. The Morgan fingerprint density at radius 3 is 2.20 bits per heavy atom. The molecule has 1 fully saturated rings. The number of aromatic amines is 1. The highest BCUT2D eigenvalue weighted by molar-refractivity contribution is 5.95. The van der Waals surface area contributed by atoms with E-state index in [0.717, 1.165) is 12.2 Å². The molecule has 6 nitrogen and oxygen atoms in total. The third-order valence-corrected chi connectivity index (χ3v) is 4.26. The molecule has 132 valence electrons. The summed E-state index contributed by atoms with van der Waals surface area (Å²) in [4.78, 5) is 31.4. The summed E-state index contributed by atoms with van der Waals surface area (Å²) in [6, 6.07) is 10.8. The van der Waals surface area contributed by atoms with Gasteiger partial charge in [0.15, 0.2) is 0 Å². The van der Waals surface area contributed by atoms with Crippen LogP contribution in [0.3, 0.4) is 0 Å². The fourth-order valence-corrected chi connectivity index (χ4v) is 2.84. The van der Waals surface area contributed by atoms with Crippen LogP contribution in [0.5, 0.6) is 5.75 Å². The monoisotopic (exact) mass is 341 g/mol. The number of nitrogens with zero attached hydrogens (tertiary/aromatic N) is 2. The summed E-state index contributed by atoms with van der Waals surface area (Å²) < 4.78 is 5.54. The third kappa shape index (κ3) is 4.02. The minimum Gasteiger partial charge on any atom is -0.494 e. The van der Waals surface area contributed by atoms with Crippen LogP contribution in [0.4, 0.5) is 0 Å². The number of amides is 2. The van der Waals surface area contributed by atoms with Gasteiger partial charge in [-0.2, -0.15) is 0 Å². The SMILES string of the molecule is CCCOc1ccc(C(=O)N2CCN(C(=O)c3ccc[nH]3)CC2)cc1. The molecule has 3 rings (SSSR count). The number of carbonyl (C=O) groups excluding carboxylic acids is 2. The number of H-pyrrole nitrogens is 1. The number of nitrogens with one attached hydrogen (secondary N) is 1. The Morgan fingerprint density at radius 1 is 1.00 bits per heavy atom. The van der Waals surface area contributed by atoms with Crippen molar-refractivity contribution in [3.63, 3.8) is 0 Å². The van der Waals surface area contributed by atoms with Crippen molar-refractivity contribution in [2.45, 2.75) is 13.3 Å². The minimum absolute atomic E-state index is 0.00554. The van der Waals surface area contributed by atoms with Gasteiger partial charge < -0.3 is 19.5 Å². The second-order valence-corrected chi connectivity index (χ2v) is 6.04. The fourth-order valence-electron chi connectivity index (χ4n) is 2.84. The minimum atomic E-state index is -0.0190. The lowest BCUT2D eigenvalue weighted by Gasteiger charge is -2.34. The first-order valence-corrected chi connectivity index (χ1v) is 8.64. The van der Waals surface area contributed by atoms with Gasteiger partial charge in [-0.25, -0.2) is 0 Å². The molecule has 1 aliphatic rings. The number of piperazine rings is 1. The summed E-state index contributed by atoms with van der Waals surface area (Å²) in [5.41, 5.74) is 1.23. The molecule has 0 bridgehead atoms. The number of ether oxygens (including phenoxy) is 1. The van der Waals surface area contributed by atoms with Crippen LogP contribution in [0.15, 0.2) is 42.6 Å². The predicted molar refractivity (Wildman–Crippen MR) is 94.8 cm³/mol. The molecule has 2 heterocycles. The highest BCUT2D eigenvalue weighted by Gasteiger charge is 2.25. The molecule has 6 heteroatoms. The zero-order valence-corrected chi connectivity index (χ0v) is 14.4. The Bertz CT molecular complexity index is 702. The van der Waals surface area contributed by atoms with E-state index in [1.807, 2.05) is 12.1 Å². The van der Waals surface area contributed by atoms with E-state index >= 15 is 0 Å². The first-order chi connectivity index (χ1) is 12.2. The molecule has 1 aromatic heterocycles. The second-order valence-electron chi connectivity index (χ2n) is 6.04. The van der Waals surface area contributed by atoms with Gasteiger partial charge in [-0.3, -0.25) is 9.59 Å². The van der Waals surface area contributed by atoms with E-state index in [4.69, 9.17) is 4.74 Å². The first kappa shape index (κ1) is 17.1. The summed E-state index contributed by atoms with van der Waals surface area (Å²) in [6.07, 6.45) is 2.69. The van der Waals surface area contributed by atoms with Crippen molar-refractivity contribution in [3.8, 4) is 5.75 Å². The van der Waals surface area contributed by atoms with Crippen molar-refractivity contribution in [1.82, 2.24) is 14.8 Å². The molecular formula is C19H23N3O3. The summed E-state index contributed by atoms with van der Waals surface area (Å²) in [5, 5.41) is 0. The van der Waals surface area contributed by atoms with E-state index in [0.29, 0.717) is 44.0 Å². The number of carbonyl (C=O) groups is 2. The second kappa shape index (κ2) is 7.88. The van der Waals surface area contributed by atoms with Crippen molar-refractivity contribution in [3.05, 3.63) is 53.9 Å². The molecule has 0 atom stereocenters. The van der Waals surface area contributed by atoms with Gasteiger partial charge >= 0.3 is 0 Å². The standard InChI is InChI=1S/C19H23N3O3/c1-2-14-25-16-7-5-15(6-8-16)18(23)21-10-12-22(13-11-21)19(24)17-4-3-9-20-17/h3-9,20H,2,10-14H2,1H3. The molecule has 1 saturated heterocycles. The summed E-state index contributed by atoms with van der Waals surface area (Å²) >= 11 is 0. The summed E-state index contributed by atoms with van der Waals surface area (Å²) in [7, 11) is 0. The molecule has 2 amide bonds. The van der Waals surface area contributed by atoms with Gasteiger partial charge in [-0.1, -0.05) is 6.92 Å². The quantitative estimate of drug-likeness (QED) is 0.908. The zero-order chi connectivity index (χ0) is 17.6. The maximum Gasteiger partial charge on any atom is 0.270 e. The number of benzene rings is 1. The highest BCUT2D eigenvalue weighted by Crippen LogP contribution is 2.15. The Morgan fingerprint density at radius 2 is 1.64 bits per heavy atom. The van der Waals surface area contributed by atoms with Crippen LogP contribution in [0.2, 0.25) is 0 Å². The van der Waals surface area contributed by atoms with Gasteiger partial charge in [0.2, 0.25) is 0 Å². The molecule has 0 spiro atoms. The topological polar surface area (TPSA) is 65.6 Å². The maximum atomic E-state index is 12.6. The van der Waals surface area contributed by atoms with Crippen LogP contribution in [0.1, 0.15) is 34.2 Å². The lowest BCUT2D eigenvalue weighted by atomic mass is 10.1. The van der Waals surface area contributed by atoms with E-state index < -0.39 is 0 Å². The van der Waals surface area contributed by atoms with Crippen LogP contribution < -0.4 is 4.74 Å². The molecule has 0 saturated carbocycles. The molecule has 0 radical (unpaired) electrons. The zero-order valence-electron chi connectivity index (χ0n) is 14.4. The molecule has 0 unspecified atom stereocenters. The van der Waals surface area contributed by atoms with Gasteiger partial charge in [0.25, 0.3) is 11.8 Å². The van der Waals surface area contributed by atoms with E-state index in [1.54, 1.807) is 40.3 Å². The largest absolute Gasteiger partial charge is 0.494 e. The van der Waals surface area contributed by atoms with Gasteiger partial charge in [0, 0.05) is 37.9 Å². The number of rotatable bonds is 5.